The van der Waals surface area contributed by atoms with Gasteiger partial charge in [-0.15, -0.1) is 0 Å². The fourth-order valence-electron chi connectivity index (χ4n) is 5.20. The molecule has 0 heterocycles. The zero-order chi connectivity index (χ0) is 22.9. The minimum absolute atomic E-state index is 0.0836. The molecule has 0 unspecified atom stereocenters. The van der Waals surface area contributed by atoms with E-state index in [1.54, 1.807) is 30.3 Å². The van der Waals surface area contributed by atoms with Crippen molar-refractivity contribution in [3.63, 3.8) is 0 Å². The molecule has 2 aromatic carbocycles. The maximum Gasteiger partial charge on any atom is 0.255 e. The summed E-state index contributed by atoms with van der Waals surface area (Å²) in [6.45, 7) is 1.97. The summed E-state index contributed by atoms with van der Waals surface area (Å²) in [5.74, 6) is 2.49. The van der Waals surface area contributed by atoms with E-state index in [1.165, 1.54) is 45.6 Å². The van der Waals surface area contributed by atoms with Crippen LogP contribution < -0.4 is 19.5 Å². The van der Waals surface area contributed by atoms with Gasteiger partial charge in [-0.3, -0.25) is 4.79 Å². The van der Waals surface area contributed by atoms with Gasteiger partial charge in [0.25, 0.3) is 5.91 Å². The Kier molecular flexibility index (Phi) is 6.44. The van der Waals surface area contributed by atoms with E-state index in [2.05, 4.69) is 10.0 Å². The number of ether oxygens (including phenoxy) is 2. The van der Waals surface area contributed by atoms with Crippen molar-refractivity contribution in [3.05, 3.63) is 48.0 Å². The molecule has 8 heteroatoms. The van der Waals surface area contributed by atoms with Crippen molar-refractivity contribution in [3.8, 4) is 11.5 Å². The summed E-state index contributed by atoms with van der Waals surface area (Å²) in [5.41, 5.74) is 0.908. The van der Waals surface area contributed by atoms with Crippen LogP contribution >= 0.6 is 0 Å². The van der Waals surface area contributed by atoms with Gasteiger partial charge in [0.05, 0.1) is 19.1 Å². The van der Waals surface area contributed by atoms with Gasteiger partial charge in [0, 0.05) is 17.3 Å². The van der Waals surface area contributed by atoms with Crippen LogP contribution in [0.4, 0.5) is 5.69 Å². The van der Waals surface area contributed by atoms with Gasteiger partial charge < -0.3 is 14.8 Å². The first-order valence-electron chi connectivity index (χ1n) is 11.0. The van der Waals surface area contributed by atoms with Crippen LogP contribution in [-0.4, -0.2) is 34.6 Å². The Balaban J connectivity index is 1.40. The Morgan fingerprint density at radius 3 is 2.31 bits per heavy atom. The average Bonchev–Trinajstić information content (AvgIpc) is 3.42. The number of benzene rings is 2. The summed E-state index contributed by atoms with van der Waals surface area (Å²) >= 11 is 0. The quantitative estimate of drug-likeness (QED) is 0.622. The fourth-order valence-corrected chi connectivity index (χ4v) is 6.50. The number of hydrogen-bond donors (Lipinski definition) is 2. The van der Waals surface area contributed by atoms with Crippen molar-refractivity contribution in [1.82, 2.24) is 4.72 Å². The number of anilines is 1. The highest BCUT2D eigenvalue weighted by Crippen LogP contribution is 2.49. The molecular formula is C24H30N2O5S. The number of carbonyl (C=O) groups excluding carboxylic acids is 1. The highest BCUT2D eigenvalue weighted by molar-refractivity contribution is 7.89. The lowest BCUT2D eigenvalue weighted by molar-refractivity contribution is 0.102. The fraction of sp³-hybridized carbons (Fsp3) is 0.458. The van der Waals surface area contributed by atoms with Gasteiger partial charge in [0.1, 0.15) is 0 Å². The minimum Gasteiger partial charge on any atom is -0.493 e. The third-order valence-corrected chi connectivity index (χ3v) is 8.42. The monoisotopic (exact) mass is 458 g/mol. The SMILES string of the molecule is COc1ccc(C(=O)Nc2ccc(S(=O)(=O)N[C@@H](C)[C@@H]3C[C@@H]4CC[C@@H]3C4)cc2)cc1OC. The third kappa shape index (κ3) is 4.61. The van der Waals surface area contributed by atoms with Crippen molar-refractivity contribution < 1.29 is 22.7 Å². The summed E-state index contributed by atoms with van der Waals surface area (Å²) < 4.78 is 39.0. The summed E-state index contributed by atoms with van der Waals surface area (Å²) in [6, 6.07) is 11.0. The summed E-state index contributed by atoms with van der Waals surface area (Å²) in [4.78, 5) is 12.8. The van der Waals surface area contributed by atoms with E-state index in [1.807, 2.05) is 6.92 Å². The number of methoxy groups -OCH3 is 2. The van der Waals surface area contributed by atoms with Crippen molar-refractivity contribution in [2.24, 2.45) is 17.8 Å². The van der Waals surface area contributed by atoms with Gasteiger partial charge in [-0.2, -0.15) is 0 Å². The van der Waals surface area contributed by atoms with Crippen LogP contribution in [0, 0.1) is 17.8 Å². The number of fused-ring (bicyclic) bond motifs is 2. The van der Waals surface area contributed by atoms with Gasteiger partial charge >= 0.3 is 0 Å². The van der Waals surface area contributed by atoms with Crippen LogP contribution in [0.3, 0.4) is 0 Å². The predicted molar refractivity (Wildman–Crippen MR) is 123 cm³/mol. The van der Waals surface area contributed by atoms with Crippen LogP contribution in [0.1, 0.15) is 43.0 Å². The molecule has 2 aromatic rings. The molecule has 2 bridgehead atoms. The molecule has 0 aromatic heterocycles. The molecule has 2 N–H and O–H groups in total. The normalized spacial score (nSPS) is 23.0. The van der Waals surface area contributed by atoms with Crippen molar-refractivity contribution in [2.45, 2.75) is 43.5 Å². The number of amides is 1. The molecule has 2 aliphatic rings. The maximum atomic E-state index is 12.9. The second kappa shape index (κ2) is 9.11. The van der Waals surface area contributed by atoms with E-state index in [9.17, 15) is 13.2 Å². The third-order valence-electron chi connectivity index (χ3n) is 6.84. The molecule has 2 fully saturated rings. The molecule has 0 spiro atoms. The lowest BCUT2D eigenvalue weighted by atomic mass is 9.84. The minimum atomic E-state index is -3.62. The van der Waals surface area contributed by atoms with Crippen LogP contribution in [0.25, 0.3) is 0 Å². The smallest absolute Gasteiger partial charge is 0.255 e. The first-order valence-corrected chi connectivity index (χ1v) is 12.4. The zero-order valence-electron chi connectivity index (χ0n) is 18.6. The van der Waals surface area contributed by atoms with Crippen molar-refractivity contribution >= 4 is 21.6 Å². The Bertz CT molecular complexity index is 1080. The first kappa shape index (κ1) is 22.6. The number of nitrogens with one attached hydrogen (secondary N) is 2. The standard InChI is InChI=1S/C24H30N2O5S/c1-15(21-13-16-4-5-17(21)12-16)26-32(28,29)20-9-7-19(8-10-20)25-24(27)18-6-11-22(30-2)23(14-18)31-3/h6-11,14-17,21,26H,4-5,12-13H2,1-3H3,(H,25,27)/t15-,16+,17+,21-/m0/s1. The number of sulfonamides is 1. The average molecular weight is 459 g/mol. The molecule has 0 saturated heterocycles. The summed E-state index contributed by atoms with van der Waals surface area (Å²) in [5, 5.41) is 2.78. The lowest BCUT2D eigenvalue weighted by Crippen LogP contribution is -2.40. The van der Waals surface area contributed by atoms with Gasteiger partial charge in [-0.1, -0.05) is 6.42 Å². The van der Waals surface area contributed by atoms with E-state index < -0.39 is 10.0 Å². The Morgan fingerprint density at radius 1 is 1.00 bits per heavy atom. The molecular weight excluding hydrogens is 428 g/mol. The van der Waals surface area contributed by atoms with E-state index >= 15 is 0 Å². The zero-order valence-corrected chi connectivity index (χ0v) is 19.4. The first-order chi connectivity index (χ1) is 15.3. The van der Waals surface area contributed by atoms with Gasteiger partial charge in [-0.05, 0) is 86.4 Å². The van der Waals surface area contributed by atoms with E-state index in [-0.39, 0.29) is 16.8 Å². The Morgan fingerprint density at radius 2 is 1.72 bits per heavy atom. The van der Waals surface area contributed by atoms with Crippen molar-refractivity contribution in [2.75, 3.05) is 19.5 Å². The molecule has 32 heavy (non-hydrogen) atoms. The van der Waals surface area contributed by atoms with Crippen LogP contribution in [0.5, 0.6) is 11.5 Å². The highest BCUT2D eigenvalue weighted by atomic mass is 32.2. The molecule has 172 valence electrons. The lowest BCUT2D eigenvalue weighted by Gasteiger charge is -2.28. The van der Waals surface area contributed by atoms with E-state index in [0.29, 0.717) is 34.6 Å². The number of rotatable bonds is 8. The number of carbonyl (C=O) groups is 1. The summed E-state index contributed by atoms with van der Waals surface area (Å²) in [7, 11) is -0.588. The Hall–Kier alpha value is -2.58. The molecule has 4 rings (SSSR count). The molecule has 0 aliphatic heterocycles. The largest absolute Gasteiger partial charge is 0.493 e. The second-order valence-electron chi connectivity index (χ2n) is 8.80. The molecule has 2 aliphatic carbocycles. The predicted octanol–water partition coefficient (Wildman–Crippen LogP) is 4.06. The van der Waals surface area contributed by atoms with E-state index in [4.69, 9.17) is 9.47 Å². The highest BCUT2D eigenvalue weighted by Gasteiger charge is 2.42. The maximum absolute atomic E-state index is 12.9. The molecule has 7 nitrogen and oxygen atoms in total. The van der Waals surface area contributed by atoms with Gasteiger partial charge in [0.15, 0.2) is 11.5 Å². The van der Waals surface area contributed by atoms with Crippen molar-refractivity contribution in [1.29, 1.82) is 0 Å². The van der Waals surface area contributed by atoms with Crippen LogP contribution in [-0.2, 0) is 10.0 Å². The van der Waals surface area contributed by atoms with E-state index in [0.717, 1.165) is 12.3 Å². The van der Waals surface area contributed by atoms with Crippen LogP contribution in [0.2, 0.25) is 0 Å². The summed E-state index contributed by atoms with van der Waals surface area (Å²) in [6.07, 6.45) is 4.87. The number of hydrogen-bond acceptors (Lipinski definition) is 5. The molecule has 4 atom stereocenters. The van der Waals surface area contributed by atoms with Crippen LogP contribution in [0.15, 0.2) is 47.4 Å². The van der Waals surface area contributed by atoms with Gasteiger partial charge in [-0.25, -0.2) is 13.1 Å². The second-order valence-corrected chi connectivity index (χ2v) is 10.5. The molecule has 2 saturated carbocycles. The molecule has 1 amide bonds. The topological polar surface area (TPSA) is 93.7 Å². The molecule has 0 radical (unpaired) electrons. The Labute approximate surface area is 189 Å². The van der Waals surface area contributed by atoms with Gasteiger partial charge in [0.2, 0.25) is 10.0 Å².